The summed E-state index contributed by atoms with van der Waals surface area (Å²) in [6.45, 7) is 3.80. The summed E-state index contributed by atoms with van der Waals surface area (Å²) in [5, 5.41) is 0. The highest BCUT2D eigenvalue weighted by Gasteiger charge is 2.21. The van der Waals surface area contributed by atoms with E-state index in [1.54, 1.807) is 7.11 Å². The first kappa shape index (κ1) is 12.7. The zero-order valence-corrected chi connectivity index (χ0v) is 11.5. The molecule has 1 aromatic heterocycles. The van der Waals surface area contributed by atoms with Crippen LogP contribution in [0.4, 0.5) is 0 Å². The quantitative estimate of drug-likeness (QED) is 0.847. The van der Waals surface area contributed by atoms with Gasteiger partial charge in [-0.1, -0.05) is 18.7 Å². The Balaban J connectivity index is 1.82. The summed E-state index contributed by atoms with van der Waals surface area (Å²) in [5.74, 6) is 1.59. The van der Waals surface area contributed by atoms with Gasteiger partial charge in [0.2, 0.25) is 5.88 Å². The van der Waals surface area contributed by atoms with Crippen molar-refractivity contribution in [2.75, 3.05) is 7.11 Å². The highest BCUT2D eigenvalue weighted by molar-refractivity contribution is 5.52. The standard InChI is InChI=1S/C17H17NO2/c1-3-12-4-7-15-13(10-12)5-8-16(20-15)14-6-9-17(19-2)18-11-14/h3-4,6-7,9-11,16H,1,5,8H2,2H3. The number of hydrogen-bond acceptors (Lipinski definition) is 3. The van der Waals surface area contributed by atoms with Crippen LogP contribution >= 0.6 is 0 Å². The van der Waals surface area contributed by atoms with Crippen molar-refractivity contribution in [1.29, 1.82) is 0 Å². The van der Waals surface area contributed by atoms with Crippen LogP contribution in [0, 0.1) is 0 Å². The van der Waals surface area contributed by atoms with Crippen molar-refractivity contribution < 1.29 is 9.47 Å². The number of fused-ring (bicyclic) bond motifs is 1. The van der Waals surface area contributed by atoms with Crippen LogP contribution in [-0.2, 0) is 6.42 Å². The molecule has 102 valence electrons. The lowest BCUT2D eigenvalue weighted by atomic mass is 9.97. The molecule has 0 fully saturated rings. The molecule has 3 nitrogen and oxygen atoms in total. The minimum atomic E-state index is 0.0653. The number of aryl methyl sites for hydroxylation is 1. The largest absolute Gasteiger partial charge is 0.485 e. The van der Waals surface area contributed by atoms with Gasteiger partial charge in [-0.2, -0.15) is 0 Å². The molecule has 1 aliphatic heterocycles. The van der Waals surface area contributed by atoms with Crippen LogP contribution in [0.15, 0.2) is 43.1 Å². The number of pyridine rings is 1. The first-order valence-electron chi connectivity index (χ1n) is 6.72. The van der Waals surface area contributed by atoms with Gasteiger partial charge in [-0.05, 0) is 42.2 Å². The van der Waals surface area contributed by atoms with Crippen LogP contribution in [0.25, 0.3) is 6.08 Å². The Kier molecular flexibility index (Phi) is 3.42. The summed E-state index contributed by atoms with van der Waals surface area (Å²) >= 11 is 0. The molecule has 1 aliphatic rings. The van der Waals surface area contributed by atoms with Crippen LogP contribution in [0.1, 0.15) is 29.2 Å². The van der Waals surface area contributed by atoms with E-state index in [0.29, 0.717) is 5.88 Å². The third-order valence-electron chi connectivity index (χ3n) is 3.61. The second-order valence-corrected chi connectivity index (χ2v) is 4.85. The molecule has 0 amide bonds. The SMILES string of the molecule is C=Cc1ccc2c(c1)CCC(c1ccc(OC)nc1)O2. The predicted octanol–water partition coefficient (Wildman–Crippen LogP) is 3.80. The molecule has 0 spiro atoms. The smallest absolute Gasteiger partial charge is 0.212 e. The van der Waals surface area contributed by atoms with Crippen LogP contribution in [0.5, 0.6) is 11.6 Å². The minimum Gasteiger partial charge on any atom is -0.485 e. The molecule has 0 saturated heterocycles. The molecule has 1 atom stereocenters. The van der Waals surface area contributed by atoms with E-state index < -0.39 is 0 Å². The Labute approximate surface area is 118 Å². The lowest BCUT2D eigenvalue weighted by Crippen LogP contribution is -2.15. The van der Waals surface area contributed by atoms with E-state index in [0.717, 1.165) is 29.7 Å². The molecule has 0 bridgehead atoms. The predicted molar refractivity (Wildman–Crippen MR) is 79.0 cm³/mol. The fraction of sp³-hybridized carbons (Fsp3) is 0.235. The van der Waals surface area contributed by atoms with Crippen molar-refractivity contribution in [2.24, 2.45) is 0 Å². The summed E-state index contributed by atoms with van der Waals surface area (Å²) in [4.78, 5) is 4.24. The second-order valence-electron chi connectivity index (χ2n) is 4.85. The van der Waals surface area contributed by atoms with E-state index in [9.17, 15) is 0 Å². The van der Waals surface area contributed by atoms with Gasteiger partial charge in [0.25, 0.3) is 0 Å². The molecule has 2 aromatic rings. The molecule has 0 aliphatic carbocycles. The van der Waals surface area contributed by atoms with Crippen molar-refractivity contribution in [3.63, 3.8) is 0 Å². The molecule has 3 rings (SSSR count). The van der Waals surface area contributed by atoms with Gasteiger partial charge in [0.05, 0.1) is 7.11 Å². The Morgan fingerprint density at radius 2 is 2.25 bits per heavy atom. The number of rotatable bonds is 3. The second kappa shape index (κ2) is 5.37. The Morgan fingerprint density at radius 1 is 1.35 bits per heavy atom. The van der Waals surface area contributed by atoms with Crippen LogP contribution < -0.4 is 9.47 Å². The molecule has 0 N–H and O–H groups in total. The van der Waals surface area contributed by atoms with Crippen molar-refractivity contribution in [2.45, 2.75) is 18.9 Å². The number of benzene rings is 1. The lowest BCUT2D eigenvalue weighted by molar-refractivity contribution is 0.176. The van der Waals surface area contributed by atoms with Gasteiger partial charge >= 0.3 is 0 Å². The highest BCUT2D eigenvalue weighted by Crippen LogP contribution is 2.35. The zero-order valence-electron chi connectivity index (χ0n) is 11.5. The molecule has 0 saturated carbocycles. The minimum absolute atomic E-state index is 0.0653. The van der Waals surface area contributed by atoms with Crippen molar-refractivity contribution in [3.8, 4) is 11.6 Å². The number of aromatic nitrogens is 1. The maximum atomic E-state index is 6.08. The highest BCUT2D eigenvalue weighted by atomic mass is 16.5. The average Bonchev–Trinajstić information content (AvgIpc) is 2.54. The Bertz CT molecular complexity index is 619. The summed E-state index contributed by atoms with van der Waals surface area (Å²) in [6.07, 6.45) is 5.72. The van der Waals surface area contributed by atoms with Crippen LogP contribution in [0.3, 0.4) is 0 Å². The van der Waals surface area contributed by atoms with E-state index in [2.05, 4.69) is 17.6 Å². The molecule has 1 aromatic carbocycles. The van der Waals surface area contributed by atoms with Crippen molar-refractivity contribution in [1.82, 2.24) is 4.98 Å². The maximum Gasteiger partial charge on any atom is 0.212 e. The van der Waals surface area contributed by atoms with E-state index in [1.165, 1.54) is 5.56 Å². The Morgan fingerprint density at radius 3 is 2.95 bits per heavy atom. The van der Waals surface area contributed by atoms with Crippen LogP contribution in [-0.4, -0.2) is 12.1 Å². The molecular weight excluding hydrogens is 250 g/mol. The first-order valence-corrected chi connectivity index (χ1v) is 6.72. The van der Waals surface area contributed by atoms with E-state index >= 15 is 0 Å². The summed E-state index contributed by atoms with van der Waals surface area (Å²) in [5.41, 5.74) is 3.47. The summed E-state index contributed by atoms with van der Waals surface area (Å²) in [6, 6.07) is 10.1. The number of nitrogens with zero attached hydrogens (tertiary/aromatic N) is 1. The Hall–Kier alpha value is -2.29. The van der Waals surface area contributed by atoms with E-state index in [4.69, 9.17) is 9.47 Å². The molecule has 3 heteroatoms. The monoisotopic (exact) mass is 267 g/mol. The lowest BCUT2D eigenvalue weighted by Gasteiger charge is -2.26. The van der Waals surface area contributed by atoms with E-state index in [1.807, 2.05) is 36.5 Å². The fourth-order valence-electron chi connectivity index (χ4n) is 2.47. The first-order chi connectivity index (χ1) is 9.80. The normalized spacial score (nSPS) is 16.9. The van der Waals surface area contributed by atoms with Gasteiger partial charge in [-0.3, -0.25) is 0 Å². The maximum absolute atomic E-state index is 6.08. The molecular formula is C17H17NO2. The zero-order chi connectivity index (χ0) is 13.9. The molecule has 20 heavy (non-hydrogen) atoms. The van der Waals surface area contributed by atoms with Gasteiger partial charge in [0.1, 0.15) is 11.9 Å². The van der Waals surface area contributed by atoms with E-state index in [-0.39, 0.29) is 6.10 Å². The number of methoxy groups -OCH3 is 1. The van der Waals surface area contributed by atoms with Gasteiger partial charge in [0, 0.05) is 17.8 Å². The topological polar surface area (TPSA) is 31.4 Å². The molecule has 1 unspecified atom stereocenters. The molecule has 2 heterocycles. The average molecular weight is 267 g/mol. The summed E-state index contributed by atoms with van der Waals surface area (Å²) in [7, 11) is 1.62. The van der Waals surface area contributed by atoms with Crippen molar-refractivity contribution >= 4 is 6.08 Å². The molecule has 0 radical (unpaired) electrons. The van der Waals surface area contributed by atoms with Crippen molar-refractivity contribution in [3.05, 3.63) is 59.8 Å². The van der Waals surface area contributed by atoms with Crippen LogP contribution in [0.2, 0.25) is 0 Å². The number of hydrogen-bond donors (Lipinski definition) is 0. The van der Waals surface area contributed by atoms with Gasteiger partial charge in [-0.25, -0.2) is 4.98 Å². The number of ether oxygens (including phenoxy) is 2. The third-order valence-corrected chi connectivity index (χ3v) is 3.61. The van der Waals surface area contributed by atoms with Gasteiger partial charge in [-0.15, -0.1) is 0 Å². The van der Waals surface area contributed by atoms with Gasteiger partial charge < -0.3 is 9.47 Å². The third kappa shape index (κ3) is 2.39. The fourth-order valence-corrected chi connectivity index (χ4v) is 2.47. The summed E-state index contributed by atoms with van der Waals surface area (Å²) < 4.78 is 11.2. The van der Waals surface area contributed by atoms with Gasteiger partial charge in [0.15, 0.2) is 0 Å².